The Kier molecular flexibility index (Phi) is 5.00. The van der Waals surface area contributed by atoms with Crippen LogP contribution in [-0.2, 0) is 0 Å². The summed E-state index contributed by atoms with van der Waals surface area (Å²) in [6.07, 6.45) is 1.62. The van der Waals surface area contributed by atoms with Gasteiger partial charge in [0.05, 0.1) is 17.8 Å². The molecule has 2 aromatic carbocycles. The van der Waals surface area contributed by atoms with Crippen LogP contribution < -0.4 is 4.74 Å². The first-order valence-electron chi connectivity index (χ1n) is 7.35. The first-order chi connectivity index (χ1) is 12.0. The topological polar surface area (TPSA) is 75.4 Å². The molecular weight excluding hydrogens is 404 g/mol. The molecule has 0 fully saturated rings. The third kappa shape index (κ3) is 3.64. The van der Waals surface area contributed by atoms with Gasteiger partial charge in [-0.2, -0.15) is 14.9 Å². The number of aryl methyl sites for hydroxylation is 1. The number of hydrogen-bond acceptors (Lipinski definition) is 5. The van der Waals surface area contributed by atoms with E-state index in [1.165, 1.54) is 7.11 Å². The van der Waals surface area contributed by atoms with E-state index in [0.717, 1.165) is 16.7 Å². The van der Waals surface area contributed by atoms with Gasteiger partial charge in [0, 0.05) is 5.56 Å². The van der Waals surface area contributed by atoms with Gasteiger partial charge in [-0.05, 0) is 52.8 Å². The molecule has 0 atom stereocenters. The number of hydrogen-bond donors (Lipinski definition) is 2. The number of phenols is 1. The normalized spacial score (nSPS) is 11.2. The van der Waals surface area contributed by atoms with Crippen molar-refractivity contribution in [3.63, 3.8) is 0 Å². The maximum atomic E-state index is 9.88. The minimum absolute atomic E-state index is 0.0416. The molecule has 128 valence electrons. The molecule has 3 rings (SSSR count). The fraction of sp³-hybridized carbons (Fsp3) is 0.118. The molecule has 25 heavy (non-hydrogen) atoms. The highest BCUT2D eigenvalue weighted by Crippen LogP contribution is 2.34. The maximum absolute atomic E-state index is 9.88. The van der Waals surface area contributed by atoms with E-state index in [1.54, 1.807) is 23.0 Å². The van der Waals surface area contributed by atoms with Crippen LogP contribution in [-0.4, -0.2) is 33.3 Å². The second-order valence-electron chi connectivity index (χ2n) is 5.33. The van der Waals surface area contributed by atoms with Gasteiger partial charge in [-0.15, -0.1) is 0 Å². The molecule has 2 N–H and O–H groups in total. The van der Waals surface area contributed by atoms with Crippen LogP contribution in [0.3, 0.4) is 0 Å². The highest BCUT2D eigenvalue weighted by molar-refractivity contribution is 9.10. The maximum Gasteiger partial charge on any atom is 0.216 e. The molecular formula is C17H15BrN4O2S. The van der Waals surface area contributed by atoms with Crippen molar-refractivity contribution in [2.45, 2.75) is 6.92 Å². The van der Waals surface area contributed by atoms with E-state index in [4.69, 9.17) is 17.0 Å². The Hall–Kier alpha value is -2.45. The average molecular weight is 419 g/mol. The number of rotatable bonds is 4. The van der Waals surface area contributed by atoms with Gasteiger partial charge in [-0.25, -0.2) is 5.10 Å². The molecule has 1 heterocycles. The first kappa shape index (κ1) is 17.4. The van der Waals surface area contributed by atoms with Crippen molar-refractivity contribution in [1.29, 1.82) is 0 Å². The highest BCUT2D eigenvalue weighted by atomic mass is 79.9. The monoisotopic (exact) mass is 418 g/mol. The van der Waals surface area contributed by atoms with Crippen molar-refractivity contribution in [2.75, 3.05) is 7.11 Å². The zero-order valence-corrected chi connectivity index (χ0v) is 15.9. The molecule has 0 bridgehead atoms. The molecule has 0 unspecified atom stereocenters. The number of benzene rings is 2. The quantitative estimate of drug-likeness (QED) is 0.489. The predicted octanol–water partition coefficient (Wildman–Crippen LogP) is 4.28. The molecule has 0 aliphatic carbocycles. The summed E-state index contributed by atoms with van der Waals surface area (Å²) in [6.45, 7) is 2.02. The number of nitrogens with zero attached hydrogens (tertiary/aromatic N) is 3. The van der Waals surface area contributed by atoms with Gasteiger partial charge in [0.1, 0.15) is 0 Å². The second kappa shape index (κ2) is 7.20. The Balaban J connectivity index is 2.00. The number of nitrogens with one attached hydrogen (secondary N) is 1. The summed E-state index contributed by atoms with van der Waals surface area (Å²) < 4.78 is 7.60. The van der Waals surface area contributed by atoms with Crippen LogP contribution in [0.25, 0.3) is 11.4 Å². The lowest BCUT2D eigenvalue weighted by Gasteiger charge is -2.06. The fourth-order valence-electron chi connectivity index (χ4n) is 2.24. The van der Waals surface area contributed by atoms with Crippen molar-refractivity contribution in [2.24, 2.45) is 5.10 Å². The number of phenolic OH excluding ortho intramolecular Hbond substituents is 1. The lowest BCUT2D eigenvalue weighted by Crippen LogP contribution is -1.96. The number of halogens is 1. The van der Waals surface area contributed by atoms with E-state index < -0.39 is 0 Å². The zero-order valence-electron chi connectivity index (χ0n) is 13.5. The molecule has 0 spiro atoms. The van der Waals surface area contributed by atoms with Gasteiger partial charge in [-0.1, -0.05) is 29.8 Å². The van der Waals surface area contributed by atoms with Crippen molar-refractivity contribution in [3.05, 3.63) is 56.8 Å². The summed E-state index contributed by atoms with van der Waals surface area (Å²) in [4.78, 5) is 0. The van der Waals surface area contributed by atoms with E-state index in [1.807, 2.05) is 31.2 Å². The van der Waals surface area contributed by atoms with Crippen LogP contribution in [0.2, 0.25) is 0 Å². The van der Waals surface area contributed by atoms with Gasteiger partial charge in [0.15, 0.2) is 17.3 Å². The molecule has 0 amide bonds. The van der Waals surface area contributed by atoms with Crippen molar-refractivity contribution < 1.29 is 9.84 Å². The average Bonchev–Trinajstić information content (AvgIpc) is 2.97. The number of aromatic hydroxyl groups is 1. The van der Waals surface area contributed by atoms with Crippen LogP contribution in [0.4, 0.5) is 0 Å². The molecule has 0 saturated carbocycles. The summed E-state index contributed by atoms with van der Waals surface area (Å²) in [5.74, 6) is 1.01. The van der Waals surface area contributed by atoms with Crippen LogP contribution in [0.1, 0.15) is 11.1 Å². The minimum atomic E-state index is 0.0416. The Bertz CT molecular complexity index is 993. The lowest BCUT2D eigenvalue weighted by atomic mass is 10.1. The number of methoxy groups -OCH3 is 1. The summed E-state index contributed by atoms with van der Waals surface area (Å²) in [5, 5.41) is 21.3. The number of aromatic amines is 1. The number of H-pyrrole nitrogens is 1. The van der Waals surface area contributed by atoms with Crippen LogP contribution in [0.15, 0.2) is 46.0 Å². The van der Waals surface area contributed by atoms with E-state index in [9.17, 15) is 5.11 Å². The summed E-state index contributed by atoms with van der Waals surface area (Å²) in [5.41, 5.74) is 2.80. The second-order valence-corrected chi connectivity index (χ2v) is 6.57. The molecule has 1 aromatic heterocycles. The third-order valence-corrected chi connectivity index (χ3v) is 4.42. The van der Waals surface area contributed by atoms with Gasteiger partial charge >= 0.3 is 0 Å². The van der Waals surface area contributed by atoms with Crippen LogP contribution in [0, 0.1) is 11.7 Å². The smallest absolute Gasteiger partial charge is 0.216 e. The van der Waals surface area contributed by atoms with Gasteiger partial charge in [0.2, 0.25) is 4.77 Å². The van der Waals surface area contributed by atoms with E-state index in [0.29, 0.717) is 20.8 Å². The van der Waals surface area contributed by atoms with Crippen molar-refractivity contribution >= 4 is 34.4 Å². The molecule has 3 aromatic rings. The van der Waals surface area contributed by atoms with Gasteiger partial charge in [0.25, 0.3) is 0 Å². The van der Waals surface area contributed by atoms with Crippen molar-refractivity contribution in [1.82, 2.24) is 14.9 Å². The van der Waals surface area contributed by atoms with Gasteiger partial charge in [-0.3, -0.25) is 0 Å². The summed E-state index contributed by atoms with van der Waals surface area (Å²) in [7, 11) is 1.49. The highest BCUT2D eigenvalue weighted by Gasteiger charge is 2.09. The Morgan fingerprint density at radius 2 is 2.04 bits per heavy atom. The summed E-state index contributed by atoms with van der Waals surface area (Å²) in [6, 6.07) is 11.3. The van der Waals surface area contributed by atoms with E-state index >= 15 is 0 Å². The summed E-state index contributed by atoms with van der Waals surface area (Å²) >= 11 is 8.56. The molecule has 0 saturated heterocycles. The van der Waals surface area contributed by atoms with E-state index in [-0.39, 0.29) is 5.75 Å². The standard InChI is InChI=1S/C17H15BrN4O2S/c1-10-3-5-12(6-4-10)16-20-21-17(25)22(16)19-9-11-7-13(18)15(23)14(8-11)24-2/h3-9,23H,1-2H3,(H,21,25)/b19-9-. The Labute approximate surface area is 157 Å². The van der Waals surface area contributed by atoms with Gasteiger partial charge < -0.3 is 9.84 Å². The molecule has 0 aliphatic heterocycles. The predicted molar refractivity (Wildman–Crippen MR) is 103 cm³/mol. The lowest BCUT2D eigenvalue weighted by molar-refractivity contribution is 0.372. The Morgan fingerprint density at radius 1 is 1.32 bits per heavy atom. The molecule has 8 heteroatoms. The van der Waals surface area contributed by atoms with Crippen LogP contribution >= 0.6 is 28.1 Å². The van der Waals surface area contributed by atoms with Crippen molar-refractivity contribution in [3.8, 4) is 22.9 Å². The van der Waals surface area contributed by atoms with E-state index in [2.05, 4.69) is 31.2 Å². The third-order valence-electron chi connectivity index (χ3n) is 3.55. The molecule has 0 aliphatic rings. The largest absolute Gasteiger partial charge is 0.503 e. The number of ether oxygens (including phenoxy) is 1. The zero-order chi connectivity index (χ0) is 18.0. The number of aromatic nitrogens is 3. The minimum Gasteiger partial charge on any atom is -0.503 e. The molecule has 6 nitrogen and oxygen atoms in total. The van der Waals surface area contributed by atoms with Crippen LogP contribution in [0.5, 0.6) is 11.5 Å². The first-order valence-corrected chi connectivity index (χ1v) is 8.55. The Morgan fingerprint density at radius 3 is 2.72 bits per heavy atom. The SMILES string of the molecule is COc1cc(/C=N\n2c(-c3ccc(C)cc3)n[nH]c2=S)cc(Br)c1O. The fourth-order valence-corrected chi connectivity index (χ4v) is 2.88. The molecule has 0 radical (unpaired) electrons.